The Morgan fingerprint density at radius 2 is 2.07 bits per heavy atom. The molecule has 0 radical (unpaired) electrons. The molecule has 1 aromatic heterocycles. The van der Waals surface area contributed by atoms with Gasteiger partial charge in [0.2, 0.25) is 0 Å². The van der Waals surface area contributed by atoms with E-state index in [4.69, 9.17) is 39.5 Å². The Morgan fingerprint density at radius 1 is 1.40 bits per heavy atom. The Labute approximate surface area is 102 Å². The molecule has 0 N–H and O–H groups in total. The molecule has 1 heterocycles. The first kappa shape index (κ1) is 12.6. The quantitative estimate of drug-likeness (QED) is 0.791. The van der Waals surface area contributed by atoms with Crippen LogP contribution in [0.15, 0.2) is 6.20 Å². The average molecular weight is 269 g/mol. The van der Waals surface area contributed by atoms with E-state index in [2.05, 4.69) is 4.98 Å². The van der Waals surface area contributed by atoms with Crippen LogP contribution < -0.4 is 0 Å². The molecule has 0 atom stereocenters. The van der Waals surface area contributed by atoms with Crippen molar-refractivity contribution >= 4 is 40.8 Å². The lowest BCUT2D eigenvalue weighted by Crippen LogP contribution is -2.09. The molecule has 0 fully saturated rings. The van der Waals surface area contributed by atoms with Gasteiger partial charge in [0.1, 0.15) is 0 Å². The van der Waals surface area contributed by atoms with E-state index in [0.29, 0.717) is 12.3 Å². The van der Waals surface area contributed by atoms with Crippen molar-refractivity contribution in [3.8, 4) is 0 Å². The maximum atomic E-state index is 11.2. The van der Waals surface area contributed by atoms with Crippen molar-refractivity contribution in [1.29, 1.82) is 0 Å². The third-order valence-electron chi connectivity index (χ3n) is 1.61. The van der Waals surface area contributed by atoms with E-state index >= 15 is 0 Å². The fraction of sp³-hybridized carbons (Fsp3) is 0.333. The molecule has 82 valence electrons. The monoisotopic (exact) mass is 267 g/mol. The Balaban J connectivity index is 2.87. The number of carbonyl (C=O) groups excluding carboxylic acids is 1. The molecule has 0 amide bonds. The van der Waals surface area contributed by atoms with Crippen LogP contribution in [0.25, 0.3) is 0 Å². The van der Waals surface area contributed by atoms with Gasteiger partial charge in [-0.25, -0.2) is 0 Å². The number of halogens is 3. The van der Waals surface area contributed by atoms with Gasteiger partial charge in [0.25, 0.3) is 0 Å². The first-order chi connectivity index (χ1) is 7.06. The molecule has 0 aliphatic carbocycles. The van der Waals surface area contributed by atoms with Crippen LogP contribution in [-0.2, 0) is 16.0 Å². The van der Waals surface area contributed by atoms with Crippen molar-refractivity contribution in [2.45, 2.75) is 13.3 Å². The van der Waals surface area contributed by atoms with Gasteiger partial charge in [0.15, 0.2) is 0 Å². The molecule has 0 aliphatic heterocycles. The fourth-order valence-electron chi connectivity index (χ4n) is 0.951. The van der Waals surface area contributed by atoms with E-state index in [1.807, 2.05) is 0 Å². The van der Waals surface area contributed by atoms with Gasteiger partial charge in [-0.15, -0.1) is 0 Å². The largest absolute Gasteiger partial charge is 0.466 e. The van der Waals surface area contributed by atoms with E-state index in [-0.39, 0.29) is 21.5 Å². The number of carbonyl (C=O) groups is 1. The fourth-order valence-corrected chi connectivity index (χ4v) is 1.52. The van der Waals surface area contributed by atoms with Crippen molar-refractivity contribution in [2.24, 2.45) is 0 Å². The molecule has 0 spiro atoms. The molecular weight excluding hydrogens is 260 g/mol. The van der Waals surface area contributed by atoms with E-state index < -0.39 is 5.97 Å². The first-order valence-electron chi connectivity index (χ1n) is 4.20. The van der Waals surface area contributed by atoms with Crippen molar-refractivity contribution in [3.05, 3.63) is 27.0 Å². The van der Waals surface area contributed by atoms with Crippen molar-refractivity contribution in [1.82, 2.24) is 4.98 Å². The number of nitrogens with zero attached hydrogens (tertiary/aromatic N) is 1. The second-order valence-corrected chi connectivity index (χ2v) is 3.83. The Morgan fingerprint density at radius 3 is 2.67 bits per heavy atom. The van der Waals surface area contributed by atoms with Crippen LogP contribution in [0, 0.1) is 0 Å². The summed E-state index contributed by atoms with van der Waals surface area (Å²) in [6.07, 6.45) is 1.34. The highest BCUT2D eigenvalue weighted by Crippen LogP contribution is 2.31. The number of ether oxygens (including phenoxy) is 1. The average Bonchev–Trinajstić information content (AvgIpc) is 2.20. The predicted molar refractivity (Wildman–Crippen MR) is 59.6 cm³/mol. The summed E-state index contributed by atoms with van der Waals surface area (Å²) >= 11 is 17.3. The number of rotatable bonds is 3. The minimum atomic E-state index is -0.398. The molecule has 0 unspecified atom stereocenters. The van der Waals surface area contributed by atoms with Gasteiger partial charge < -0.3 is 4.74 Å². The maximum absolute atomic E-state index is 11.2. The molecule has 15 heavy (non-hydrogen) atoms. The highest BCUT2D eigenvalue weighted by atomic mass is 35.5. The lowest BCUT2D eigenvalue weighted by Gasteiger charge is -2.05. The van der Waals surface area contributed by atoms with Crippen LogP contribution in [0.1, 0.15) is 12.6 Å². The first-order valence-corrected chi connectivity index (χ1v) is 5.33. The van der Waals surface area contributed by atoms with Crippen LogP contribution in [0.3, 0.4) is 0 Å². The molecule has 0 bridgehead atoms. The van der Waals surface area contributed by atoms with Crippen LogP contribution in [0.2, 0.25) is 15.1 Å². The smallest absolute Gasteiger partial charge is 0.311 e. The number of hydrogen-bond acceptors (Lipinski definition) is 3. The minimum Gasteiger partial charge on any atom is -0.466 e. The van der Waals surface area contributed by atoms with Gasteiger partial charge in [0, 0.05) is 6.20 Å². The molecule has 0 saturated carbocycles. The topological polar surface area (TPSA) is 39.2 Å². The van der Waals surface area contributed by atoms with E-state index in [0.717, 1.165) is 0 Å². The normalized spacial score (nSPS) is 10.1. The Kier molecular flexibility index (Phi) is 4.64. The predicted octanol–water partition coefficient (Wildman–Crippen LogP) is 3.15. The molecule has 3 nitrogen and oxygen atoms in total. The molecule has 0 aliphatic rings. The SMILES string of the molecule is CCOC(=O)Cc1ncc(Cl)c(Cl)c1Cl. The summed E-state index contributed by atoms with van der Waals surface area (Å²) in [5, 5.41) is 0.652. The van der Waals surface area contributed by atoms with E-state index in [1.165, 1.54) is 6.20 Å². The zero-order chi connectivity index (χ0) is 11.4. The van der Waals surface area contributed by atoms with Crippen molar-refractivity contribution < 1.29 is 9.53 Å². The second kappa shape index (κ2) is 5.54. The molecule has 1 rings (SSSR count). The summed E-state index contributed by atoms with van der Waals surface area (Å²) in [7, 11) is 0. The summed E-state index contributed by atoms with van der Waals surface area (Å²) in [5.74, 6) is -0.398. The van der Waals surface area contributed by atoms with Gasteiger partial charge in [-0.1, -0.05) is 34.8 Å². The lowest BCUT2D eigenvalue weighted by atomic mass is 10.3. The van der Waals surface area contributed by atoms with Crippen LogP contribution in [0.4, 0.5) is 0 Å². The van der Waals surface area contributed by atoms with Crippen LogP contribution >= 0.6 is 34.8 Å². The van der Waals surface area contributed by atoms with E-state index in [1.54, 1.807) is 6.92 Å². The number of hydrogen-bond donors (Lipinski definition) is 0. The van der Waals surface area contributed by atoms with Crippen LogP contribution in [-0.4, -0.2) is 17.6 Å². The summed E-state index contributed by atoms with van der Waals surface area (Å²) in [6.45, 7) is 2.04. The van der Waals surface area contributed by atoms with Gasteiger partial charge >= 0.3 is 5.97 Å². The minimum absolute atomic E-state index is 0.0104. The summed E-state index contributed by atoms with van der Waals surface area (Å²) in [5.41, 5.74) is 0.365. The standard InChI is InChI=1S/C9H8Cl3NO2/c1-2-15-7(14)3-6-9(12)8(11)5(10)4-13-6/h4H,2-3H2,1H3. The zero-order valence-corrected chi connectivity index (χ0v) is 10.2. The zero-order valence-electron chi connectivity index (χ0n) is 7.89. The molecule has 0 saturated heterocycles. The molecular formula is C9H8Cl3NO2. The van der Waals surface area contributed by atoms with Gasteiger partial charge in [-0.2, -0.15) is 0 Å². The lowest BCUT2D eigenvalue weighted by molar-refractivity contribution is -0.142. The maximum Gasteiger partial charge on any atom is 0.311 e. The molecule has 6 heteroatoms. The van der Waals surface area contributed by atoms with Gasteiger partial charge in [-0.05, 0) is 6.92 Å². The third-order valence-corrected chi connectivity index (χ3v) is 2.89. The number of pyridine rings is 1. The summed E-state index contributed by atoms with van der Waals surface area (Å²) < 4.78 is 4.76. The van der Waals surface area contributed by atoms with Crippen molar-refractivity contribution in [2.75, 3.05) is 6.61 Å². The highest BCUT2D eigenvalue weighted by molar-refractivity contribution is 6.48. The second-order valence-electron chi connectivity index (χ2n) is 2.66. The summed E-state index contributed by atoms with van der Waals surface area (Å²) in [4.78, 5) is 15.1. The number of esters is 1. The Bertz CT molecular complexity index is 382. The highest BCUT2D eigenvalue weighted by Gasteiger charge is 2.13. The number of aromatic nitrogens is 1. The van der Waals surface area contributed by atoms with Gasteiger partial charge in [-0.3, -0.25) is 9.78 Å². The van der Waals surface area contributed by atoms with Crippen molar-refractivity contribution in [3.63, 3.8) is 0 Å². The molecule has 0 aromatic carbocycles. The molecule has 1 aromatic rings. The summed E-state index contributed by atoms with van der Waals surface area (Å²) in [6, 6.07) is 0. The van der Waals surface area contributed by atoms with Gasteiger partial charge in [0.05, 0.1) is 33.8 Å². The van der Waals surface area contributed by atoms with E-state index in [9.17, 15) is 4.79 Å². The van der Waals surface area contributed by atoms with Crippen LogP contribution in [0.5, 0.6) is 0 Å². The Hall–Kier alpha value is -0.510. The third kappa shape index (κ3) is 3.23.